The van der Waals surface area contributed by atoms with Crippen LogP contribution in [-0.2, 0) is 0 Å². The van der Waals surface area contributed by atoms with E-state index in [2.05, 4.69) is 5.32 Å². The first-order chi connectivity index (χ1) is 9.15. The van der Waals surface area contributed by atoms with E-state index in [9.17, 15) is 4.79 Å². The molecule has 0 aliphatic carbocycles. The molecule has 0 radical (unpaired) electrons. The molecule has 0 aliphatic rings. The number of methoxy groups -OCH3 is 2. The summed E-state index contributed by atoms with van der Waals surface area (Å²) in [5.41, 5.74) is 1.11. The number of nitrogens with one attached hydrogen (secondary N) is 1. The first-order valence-corrected chi connectivity index (χ1v) is 6.73. The van der Waals surface area contributed by atoms with Crippen LogP contribution in [0.2, 0.25) is 5.02 Å². The monoisotopic (exact) mass is 297 g/mol. The summed E-state index contributed by atoms with van der Waals surface area (Å²) in [5, 5.41) is 6.81. The van der Waals surface area contributed by atoms with E-state index in [1.165, 1.54) is 25.6 Å². The zero-order valence-electron chi connectivity index (χ0n) is 10.4. The summed E-state index contributed by atoms with van der Waals surface area (Å²) >= 11 is 7.46. The summed E-state index contributed by atoms with van der Waals surface area (Å²) in [6.45, 7) is 0. The van der Waals surface area contributed by atoms with Crippen LogP contribution >= 0.6 is 22.9 Å². The highest BCUT2D eigenvalue weighted by Gasteiger charge is 2.13. The van der Waals surface area contributed by atoms with Gasteiger partial charge in [-0.3, -0.25) is 4.79 Å². The number of anilines is 1. The molecule has 2 rings (SSSR count). The fourth-order valence-electron chi connectivity index (χ4n) is 1.55. The number of rotatable bonds is 4. The largest absolute Gasteiger partial charge is 0.495 e. The Hall–Kier alpha value is -1.72. The molecule has 100 valence electrons. The molecule has 0 saturated carbocycles. The molecule has 0 fully saturated rings. The average molecular weight is 298 g/mol. The number of hydrogen-bond donors (Lipinski definition) is 1. The van der Waals surface area contributed by atoms with Crippen molar-refractivity contribution in [1.29, 1.82) is 0 Å². The number of hydrogen-bond acceptors (Lipinski definition) is 4. The van der Waals surface area contributed by atoms with Crippen LogP contribution in [0, 0.1) is 0 Å². The Balaban J connectivity index is 2.31. The number of thiophene rings is 1. The highest BCUT2D eigenvalue weighted by atomic mass is 35.5. The molecule has 6 heteroatoms. The minimum atomic E-state index is -0.205. The smallest absolute Gasteiger partial charge is 0.256 e. The van der Waals surface area contributed by atoms with Gasteiger partial charge in [-0.25, -0.2) is 0 Å². The Labute approximate surface area is 119 Å². The van der Waals surface area contributed by atoms with Crippen molar-refractivity contribution >= 4 is 34.5 Å². The fourth-order valence-corrected chi connectivity index (χ4v) is 2.41. The molecular weight excluding hydrogens is 286 g/mol. The Morgan fingerprint density at radius 1 is 1.26 bits per heavy atom. The lowest BCUT2D eigenvalue weighted by atomic mass is 10.2. The quantitative estimate of drug-likeness (QED) is 0.936. The number of benzene rings is 1. The van der Waals surface area contributed by atoms with E-state index in [1.54, 1.807) is 23.6 Å². The second-order valence-electron chi connectivity index (χ2n) is 3.65. The zero-order chi connectivity index (χ0) is 13.8. The summed E-state index contributed by atoms with van der Waals surface area (Å²) < 4.78 is 10.3. The van der Waals surface area contributed by atoms with Gasteiger partial charge in [0.1, 0.15) is 11.5 Å². The lowest BCUT2D eigenvalue weighted by molar-refractivity contribution is 0.102. The van der Waals surface area contributed by atoms with Gasteiger partial charge in [-0.05, 0) is 11.4 Å². The van der Waals surface area contributed by atoms with Gasteiger partial charge in [0.15, 0.2) is 0 Å². The van der Waals surface area contributed by atoms with Gasteiger partial charge in [-0.2, -0.15) is 11.3 Å². The molecule has 1 aromatic heterocycles. The van der Waals surface area contributed by atoms with Gasteiger partial charge in [0.2, 0.25) is 0 Å². The molecule has 0 atom stereocenters. The number of halogens is 1. The van der Waals surface area contributed by atoms with Gasteiger partial charge in [0.25, 0.3) is 5.91 Å². The predicted molar refractivity (Wildman–Crippen MR) is 76.8 cm³/mol. The zero-order valence-corrected chi connectivity index (χ0v) is 12.0. The molecule has 0 bridgehead atoms. The van der Waals surface area contributed by atoms with Gasteiger partial charge >= 0.3 is 0 Å². The molecule has 1 N–H and O–H groups in total. The third kappa shape index (κ3) is 3.00. The Morgan fingerprint density at radius 2 is 2.00 bits per heavy atom. The average Bonchev–Trinajstić information content (AvgIpc) is 2.94. The van der Waals surface area contributed by atoms with Crippen molar-refractivity contribution in [2.24, 2.45) is 0 Å². The molecule has 4 nitrogen and oxygen atoms in total. The second kappa shape index (κ2) is 5.95. The minimum Gasteiger partial charge on any atom is -0.495 e. The van der Waals surface area contributed by atoms with Gasteiger partial charge in [0, 0.05) is 17.5 Å². The van der Waals surface area contributed by atoms with Crippen molar-refractivity contribution in [3.8, 4) is 11.5 Å². The van der Waals surface area contributed by atoms with E-state index in [0.29, 0.717) is 27.8 Å². The normalized spacial score (nSPS) is 10.1. The fraction of sp³-hybridized carbons (Fsp3) is 0.154. The number of carbonyl (C=O) groups is 1. The Morgan fingerprint density at radius 3 is 2.58 bits per heavy atom. The maximum Gasteiger partial charge on any atom is 0.256 e. The molecule has 0 unspecified atom stereocenters. The maximum atomic E-state index is 12.0. The molecule has 19 heavy (non-hydrogen) atoms. The first kappa shape index (κ1) is 13.7. The molecule has 0 aliphatic heterocycles. The molecule has 1 amide bonds. The SMILES string of the molecule is COc1cc(NC(=O)c2ccsc2)c(OC)cc1Cl. The van der Waals surface area contributed by atoms with Gasteiger partial charge in [-0.15, -0.1) is 0 Å². The lowest BCUT2D eigenvalue weighted by Crippen LogP contribution is -2.11. The second-order valence-corrected chi connectivity index (χ2v) is 4.84. The topological polar surface area (TPSA) is 47.6 Å². The van der Waals surface area contributed by atoms with E-state index < -0.39 is 0 Å². The summed E-state index contributed by atoms with van der Waals surface area (Å²) in [4.78, 5) is 12.0. The van der Waals surface area contributed by atoms with Crippen LogP contribution < -0.4 is 14.8 Å². The summed E-state index contributed by atoms with van der Waals surface area (Å²) in [6, 6.07) is 4.98. The molecule has 2 aromatic rings. The standard InChI is InChI=1S/C13H12ClNO3S/c1-17-11-6-10(12(18-2)5-9(11)14)15-13(16)8-3-4-19-7-8/h3-7H,1-2H3,(H,15,16). The van der Waals surface area contributed by atoms with E-state index in [0.717, 1.165) is 0 Å². The molecular formula is C13H12ClNO3S. The van der Waals surface area contributed by atoms with Crippen LogP contribution in [0.3, 0.4) is 0 Å². The molecule has 1 aromatic carbocycles. The van der Waals surface area contributed by atoms with Crippen molar-refractivity contribution in [3.63, 3.8) is 0 Å². The summed E-state index contributed by atoms with van der Waals surface area (Å²) in [5.74, 6) is 0.751. The van der Waals surface area contributed by atoms with Crippen LogP contribution in [0.15, 0.2) is 29.0 Å². The number of carbonyl (C=O) groups excluding carboxylic acids is 1. The molecule has 1 heterocycles. The van der Waals surface area contributed by atoms with Crippen LogP contribution in [-0.4, -0.2) is 20.1 Å². The Kier molecular flexibility index (Phi) is 4.29. The van der Waals surface area contributed by atoms with E-state index in [4.69, 9.17) is 21.1 Å². The Bertz CT molecular complexity index is 584. The van der Waals surface area contributed by atoms with E-state index in [1.807, 2.05) is 5.38 Å². The third-order valence-corrected chi connectivity index (χ3v) is 3.48. The van der Waals surface area contributed by atoms with Crippen LogP contribution in [0.1, 0.15) is 10.4 Å². The van der Waals surface area contributed by atoms with Gasteiger partial charge < -0.3 is 14.8 Å². The van der Waals surface area contributed by atoms with E-state index in [-0.39, 0.29) is 5.91 Å². The summed E-state index contributed by atoms with van der Waals surface area (Å²) in [7, 11) is 3.02. The highest BCUT2D eigenvalue weighted by molar-refractivity contribution is 7.08. The van der Waals surface area contributed by atoms with Gasteiger partial charge in [0.05, 0.1) is 30.5 Å². The predicted octanol–water partition coefficient (Wildman–Crippen LogP) is 3.67. The number of amides is 1. The number of ether oxygens (including phenoxy) is 2. The van der Waals surface area contributed by atoms with Gasteiger partial charge in [-0.1, -0.05) is 11.6 Å². The summed E-state index contributed by atoms with van der Waals surface area (Å²) in [6.07, 6.45) is 0. The van der Waals surface area contributed by atoms with Crippen molar-refractivity contribution in [1.82, 2.24) is 0 Å². The van der Waals surface area contributed by atoms with Crippen molar-refractivity contribution < 1.29 is 14.3 Å². The highest BCUT2D eigenvalue weighted by Crippen LogP contribution is 2.36. The maximum absolute atomic E-state index is 12.0. The van der Waals surface area contributed by atoms with E-state index >= 15 is 0 Å². The van der Waals surface area contributed by atoms with Crippen molar-refractivity contribution in [2.45, 2.75) is 0 Å². The first-order valence-electron chi connectivity index (χ1n) is 5.40. The van der Waals surface area contributed by atoms with Crippen molar-refractivity contribution in [3.05, 3.63) is 39.5 Å². The molecule has 0 saturated heterocycles. The van der Waals surface area contributed by atoms with Crippen LogP contribution in [0.25, 0.3) is 0 Å². The third-order valence-electron chi connectivity index (χ3n) is 2.51. The van der Waals surface area contributed by atoms with Crippen LogP contribution in [0.5, 0.6) is 11.5 Å². The lowest BCUT2D eigenvalue weighted by Gasteiger charge is -2.12. The van der Waals surface area contributed by atoms with Crippen LogP contribution in [0.4, 0.5) is 5.69 Å². The minimum absolute atomic E-state index is 0.205. The molecule has 0 spiro atoms. The van der Waals surface area contributed by atoms with Crippen molar-refractivity contribution in [2.75, 3.05) is 19.5 Å².